The second-order valence-corrected chi connectivity index (χ2v) is 5.92. The minimum Gasteiger partial charge on any atom is -0.423 e. The largest absolute Gasteiger partial charge is 0.423 e. The van der Waals surface area contributed by atoms with Gasteiger partial charge in [0.2, 0.25) is 11.8 Å². The summed E-state index contributed by atoms with van der Waals surface area (Å²) in [7, 11) is 0. The maximum absolute atomic E-state index is 9.18. The third-order valence-electron chi connectivity index (χ3n) is 3.29. The molecule has 0 saturated heterocycles. The Morgan fingerprint density at radius 2 is 1.84 bits per heavy atom. The lowest BCUT2D eigenvalue weighted by Crippen LogP contribution is -2.36. The van der Waals surface area contributed by atoms with E-state index in [1.165, 1.54) is 0 Å². The molecule has 5 nitrogen and oxygen atoms in total. The highest BCUT2D eigenvalue weighted by Gasteiger charge is 2.23. The number of aliphatic hydroxyl groups is 1. The molecule has 0 fully saturated rings. The molecule has 0 aliphatic heterocycles. The van der Waals surface area contributed by atoms with Crippen LogP contribution in [0.3, 0.4) is 0 Å². The number of hydrogen-bond acceptors (Lipinski definition) is 5. The predicted octanol–water partition coefficient (Wildman–Crippen LogP) is 2.35. The predicted molar refractivity (Wildman–Crippen MR) is 74.9 cm³/mol. The van der Waals surface area contributed by atoms with Crippen molar-refractivity contribution in [3.05, 3.63) is 11.8 Å². The van der Waals surface area contributed by atoms with Crippen molar-refractivity contribution >= 4 is 0 Å². The summed E-state index contributed by atoms with van der Waals surface area (Å²) < 4.78 is 5.72. The van der Waals surface area contributed by atoms with Crippen LogP contribution in [0, 0.1) is 0 Å². The lowest BCUT2D eigenvalue weighted by Gasteiger charge is -2.28. The molecule has 0 amide bonds. The van der Waals surface area contributed by atoms with Gasteiger partial charge >= 0.3 is 0 Å². The summed E-state index contributed by atoms with van der Waals surface area (Å²) in [4.78, 5) is 2.21. The number of aliphatic hydroxyl groups excluding tert-OH is 1. The Morgan fingerprint density at radius 1 is 1.21 bits per heavy atom. The van der Waals surface area contributed by atoms with Crippen LogP contribution in [0.25, 0.3) is 0 Å². The zero-order valence-electron chi connectivity index (χ0n) is 12.8. The van der Waals surface area contributed by atoms with E-state index >= 15 is 0 Å². The molecule has 0 aromatic carbocycles. The third kappa shape index (κ3) is 4.58. The number of rotatable bonds is 7. The van der Waals surface area contributed by atoms with Crippen LogP contribution in [0.1, 0.15) is 59.2 Å². The lowest BCUT2D eigenvalue weighted by molar-refractivity contribution is 0.124. The molecule has 5 heteroatoms. The van der Waals surface area contributed by atoms with Gasteiger partial charge in [0, 0.05) is 18.0 Å². The minimum absolute atomic E-state index is 0.123. The Hall–Kier alpha value is -0.940. The van der Waals surface area contributed by atoms with E-state index in [1.54, 1.807) is 0 Å². The molecule has 0 bridgehead atoms. The molecule has 0 aliphatic rings. The van der Waals surface area contributed by atoms with Gasteiger partial charge in [-0.2, -0.15) is 0 Å². The molecule has 1 aromatic heterocycles. The van der Waals surface area contributed by atoms with Crippen molar-refractivity contribution in [2.24, 2.45) is 0 Å². The van der Waals surface area contributed by atoms with E-state index in [-0.39, 0.29) is 12.0 Å². The van der Waals surface area contributed by atoms with E-state index in [9.17, 15) is 5.11 Å². The average molecular weight is 269 g/mol. The van der Waals surface area contributed by atoms with Gasteiger partial charge in [0.15, 0.2) is 0 Å². The SMILES string of the molecule is CCC(CC)N(CCO)Cc1nnc(C(C)(C)C)o1. The second-order valence-electron chi connectivity index (χ2n) is 5.92. The molecular formula is C14H27N3O2. The van der Waals surface area contributed by atoms with Crippen molar-refractivity contribution in [2.45, 2.75) is 65.5 Å². The summed E-state index contributed by atoms with van der Waals surface area (Å²) in [6.45, 7) is 11.9. The summed E-state index contributed by atoms with van der Waals surface area (Å²) in [6, 6.07) is 0.442. The monoisotopic (exact) mass is 269 g/mol. The molecule has 110 valence electrons. The van der Waals surface area contributed by atoms with Crippen molar-refractivity contribution in [3.8, 4) is 0 Å². The topological polar surface area (TPSA) is 62.4 Å². The summed E-state index contributed by atoms with van der Waals surface area (Å²) >= 11 is 0. The molecule has 0 radical (unpaired) electrons. The maximum Gasteiger partial charge on any atom is 0.230 e. The van der Waals surface area contributed by atoms with Crippen LogP contribution in [0.5, 0.6) is 0 Å². The Balaban J connectivity index is 2.76. The molecule has 0 saturated carbocycles. The van der Waals surface area contributed by atoms with Gasteiger partial charge in [-0.3, -0.25) is 4.90 Å². The highest BCUT2D eigenvalue weighted by molar-refractivity contribution is 4.96. The molecule has 0 spiro atoms. The first-order chi connectivity index (χ1) is 8.92. The number of hydrogen-bond donors (Lipinski definition) is 1. The average Bonchev–Trinajstić information content (AvgIpc) is 2.79. The Bertz CT molecular complexity index is 367. The zero-order chi connectivity index (χ0) is 14.5. The van der Waals surface area contributed by atoms with Crippen LogP contribution in [-0.2, 0) is 12.0 Å². The van der Waals surface area contributed by atoms with Crippen molar-refractivity contribution in [1.82, 2.24) is 15.1 Å². The molecule has 1 heterocycles. The fourth-order valence-corrected chi connectivity index (χ4v) is 2.12. The first-order valence-corrected chi connectivity index (χ1v) is 7.10. The van der Waals surface area contributed by atoms with Crippen molar-refractivity contribution < 1.29 is 9.52 Å². The molecule has 19 heavy (non-hydrogen) atoms. The second kappa shape index (κ2) is 7.01. The van der Waals surface area contributed by atoms with E-state index in [0.717, 1.165) is 12.8 Å². The molecule has 1 rings (SSSR count). The Morgan fingerprint density at radius 3 is 2.26 bits per heavy atom. The molecule has 0 aliphatic carbocycles. The molecule has 1 N–H and O–H groups in total. The summed E-state index contributed by atoms with van der Waals surface area (Å²) in [5.74, 6) is 1.29. The van der Waals surface area contributed by atoms with Gasteiger partial charge in [-0.25, -0.2) is 0 Å². The summed E-state index contributed by atoms with van der Waals surface area (Å²) in [5.41, 5.74) is -0.123. The van der Waals surface area contributed by atoms with Crippen LogP contribution in [0.4, 0.5) is 0 Å². The van der Waals surface area contributed by atoms with Crippen molar-refractivity contribution in [2.75, 3.05) is 13.2 Å². The van der Waals surface area contributed by atoms with Gasteiger partial charge in [0.25, 0.3) is 0 Å². The van der Waals surface area contributed by atoms with Crippen LogP contribution in [0.15, 0.2) is 4.42 Å². The number of aromatic nitrogens is 2. The van der Waals surface area contributed by atoms with Gasteiger partial charge < -0.3 is 9.52 Å². The third-order valence-corrected chi connectivity index (χ3v) is 3.29. The minimum atomic E-state index is -0.123. The van der Waals surface area contributed by atoms with Gasteiger partial charge in [-0.1, -0.05) is 34.6 Å². The molecule has 1 aromatic rings. The summed E-state index contributed by atoms with van der Waals surface area (Å²) in [6.07, 6.45) is 2.10. The Kier molecular flexibility index (Phi) is 5.94. The van der Waals surface area contributed by atoms with E-state index in [1.807, 2.05) is 0 Å². The highest BCUT2D eigenvalue weighted by Crippen LogP contribution is 2.21. The molecular weight excluding hydrogens is 242 g/mol. The van der Waals surface area contributed by atoms with Crippen LogP contribution in [-0.4, -0.2) is 39.4 Å². The first-order valence-electron chi connectivity index (χ1n) is 7.10. The van der Waals surface area contributed by atoms with Gasteiger partial charge in [-0.05, 0) is 12.8 Å². The van der Waals surface area contributed by atoms with E-state index < -0.39 is 0 Å². The fraction of sp³-hybridized carbons (Fsp3) is 0.857. The lowest BCUT2D eigenvalue weighted by atomic mass is 9.97. The smallest absolute Gasteiger partial charge is 0.230 e. The summed E-state index contributed by atoms with van der Waals surface area (Å²) in [5, 5.41) is 17.4. The quantitative estimate of drug-likeness (QED) is 0.823. The van der Waals surface area contributed by atoms with Crippen molar-refractivity contribution in [3.63, 3.8) is 0 Å². The highest BCUT2D eigenvalue weighted by atomic mass is 16.4. The molecule has 0 atom stereocenters. The fourth-order valence-electron chi connectivity index (χ4n) is 2.12. The van der Waals surface area contributed by atoms with Crippen LogP contribution < -0.4 is 0 Å². The van der Waals surface area contributed by atoms with Gasteiger partial charge in [0.05, 0.1) is 13.2 Å². The van der Waals surface area contributed by atoms with E-state index in [4.69, 9.17) is 4.42 Å². The van der Waals surface area contributed by atoms with Gasteiger partial charge in [-0.15, -0.1) is 10.2 Å². The number of nitrogens with zero attached hydrogens (tertiary/aromatic N) is 3. The standard InChI is InChI=1S/C14H27N3O2/c1-6-11(7-2)17(8-9-18)10-12-15-16-13(19-12)14(3,4)5/h11,18H,6-10H2,1-5H3. The zero-order valence-corrected chi connectivity index (χ0v) is 12.8. The Labute approximate surface area is 116 Å². The van der Waals surface area contributed by atoms with E-state index in [0.29, 0.717) is 30.9 Å². The van der Waals surface area contributed by atoms with Crippen LogP contribution in [0.2, 0.25) is 0 Å². The van der Waals surface area contributed by atoms with E-state index in [2.05, 4.69) is 49.7 Å². The normalized spacial score (nSPS) is 12.6. The van der Waals surface area contributed by atoms with Crippen molar-refractivity contribution in [1.29, 1.82) is 0 Å². The molecule has 0 unspecified atom stereocenters. The van der Waals surface area contributed by atoms with Crippen LogP contribution >= 0.6 is 0 Å². The maximum atomic E-state index is 9.18. The van der Waals surface area contributed by atoms with Gasteiger partial charge in [0.1, 0.15) is 0 Å². The first kappa shape index (κ1) is 16.1.